The molecule has 9 rings (SSSR count). The van der Waals surface area contributed by atoms with E-state index in [1.54, 1.807) is 0 Å². The first-order valence-corrected chi connectivity index (χ1v) is 36.0. The van der Waals surface area contributed by atoms with Gasteiger partial charge in [0.1, 0.15) is 201 Å². The molecule has 0 bridgehead atoms. The number of carboxylic acids is 1. The average Bonchev–Trinajstić information content (AvgIpc) is 0.826. The van der Waals surface area contributed by atoms with Gasteiger partial charge < -0.3 is 229 Å². The van der Waals surface area contributed by atoms with E-state index in [2.05, 4.69) is 16.0 Å². The zero-order valence-electron chi connectivity index (χ0n) is 60.8. The monoisotopic (exact) mass is 1660 g/mol. The number of aliphatic hydroxyl groups is 25. The third-order valence-electron chi connectivity index (χ3n) is 20.8. The van der Waals surface area contributed by atoms with E-state index in [1.807, 2.05) is 0 Å². The van der Waals surface area contributed by atoms with Crippen LogP contribution in [0.2, 0.25) is 0 Å². The average molecular weight is 1660 g/mol. The molecule has 50 heteroatoms. The maximum absolute atomic E-state index is 13.6. The highest BCUT2D eigenvalue weighted by atomic mass is 16.8. The van der Waals surface area contributed by atoms with Crippen LogP contribution >= 0.6 is 0 Å². The SMILES string of the molecule is CC(=O)N[C@H]1[C@H](OC[C@H]2O[C@@H](O[C@H]3[C@H](O)[C@@H](O)[C@H](O)O[C@@H]3CO)[C@H](O)[C@@H](O[C@@H]3O[C@H](CO)[C@@H](O)[C@H](O[C@@H]4O[C@H](CO)[C@H](O)[C@H](O)[C@H]4O[C@@H]4O[C@@H](C)[C@@H](O)[C@@H](O)[C@@H]4O)[C@H]3NC(C)=O)[C@H]2O)O[C@H](CO)[C@@H](O[C@@H]2O[C@H](CO)[C@H](O)[C@H](O[C@]3(C(=O)O)C[C@H](O)[C@@H](NC(C)=O)[C@H]([C@H](O)[C@H](O)CO)O3)[C@H]2O)[C@@H]1O[C@@H]1O[C@@H](C)[C@@H](O)[C@@H](O)[C@@H]1O. The topological polar surface area (TPSA) is 787 Å². The maximum atomic E-state index is 13.6. The van der Waals surface area contributed by atoms with Gasteiger partial charge in [-0.3, -0.25) is 14.4 Å². The number of nitrogens with one attached hydrogen (secondary N) is 3. The van der Waals surface area contributed by atoms with Gasteiger partial charge in [0.05, 0.1) is 70.6 Å². The maximum Gasteiger partial charge on any atom is 0.364 e. The Morgan fingerprint density at radius 3 is 1.30 bits per heavy atom. The first-order chi connectivity index (χ1) is 53.2. The van der Waals surface area contributed by atoms with Gasteiger partial charge in [-0.25, -0.2) is 4.79 Å². The molecule has 113 heavy (non-hydrogen) atoms. The number of carboxylic acid groups (broad SMARTS) is 1. The van der Waals surface area contributed by atoms with Crippen LogP contribution in [0, 0.1) is 0 Å². The van der Waals surface area contributed by atoms with Gasteiger partial charge in [0.2, 0.25) is 17.7 Å². The minimum absolute atomic E-state index is 0.885. The van der Waals surface area contributed by atoms with Gasteiger partial charge in [-0.15, -0.1) is 0 Å². The largest absolute Gasteiger partial charge is 0.477 e. The van der Waals surface area contributed by atoms with Crippen LogP contribution in [-0.2, 0) is 99.7 Å². The summed E-state index contributed by atoms with van der Waals surface area (Å²) in [7, 11) is 0. The predicted octanol–water partition coefficient (Wildman–Crippen LogP) is -18.9. The van der Waals surface area contributed by atoms with Gasteiger partial charge in [-0.05, 0) is 13.8 Å². The Bertz CT molecular complexity index is 3040. The first kappa shape index (κ1) is 93.1. The highest BCUT2D eigenvalue weighted by Crippen LogP contribution is 2.42. The second-order valence-electron chi connectivity index (χ2n) is 28.8. The van der Waals surface area contributed by atoms with E-state index in [4.69, 9.17) is 80.5 Å². The molecule has 0 aromatic rings. The van der Waals surface area contributed by atoms with Crippen molar-refractivity contribution in [1.29, 1.82) is 0 Å². The molecule has 9 aliphatic heterocycles. The summed E-state index contributed by atoms with van der Waals surface area (Å²) in [6, 6.07) is -5.83. The Labute approximate surface area is 639 Å². The Balaban J connectivity index is 1.06. The van der Waals surface area contributed by atoms with Gasteiger partial charge in [0.15, 0.2) is 50.3 Å². The van der Waals surface area contributed by atoms with Crippen LogP contribution in [0.15, 0.2) is 0 Å². The van der Waals surface area contributed by atoms with Crippen molar-refractivity contribution in [2.75, 3.05) is 46.2 Å². The summed E-state index contributed by atoms with van der Waals surface area (Å²) < 4.78 is 101. The van der Waals surface area contributed by atoms with E-state index < -0.39 is 358 Å². The molecule has 9 aliphatic rings. The van der Waals surface area contributed by atoms with Crippen LogP contribution in [0.5, 0.6) is 0 Å². The smallest absolute Gasteiger partial charge is 0.364 e. The molecule has 0 unspecified atom stereocenters. The molecule has 0 aliphatic carbocycles. The minimum Gasteiger partial charge on any atom is -0.477 e. The summed E-state index contributed by atoms with van der Waals surface area (Å²) in [6.07, 6.45) is -90.3. The molecule has 0 saturated carbocycles. The van der Waals surface area contributed by atoms with Gasteiger partial charge in [0, 0.05) is 27.2 Å². The molecule has 0 aromatic heterocycles. The van der Waals surface area contributed by atoms with Crippen LogP contribution < -0.4 is 16.0 Å². The lowest BCUT2D eigenvalue weighted by molar-refractivity contribution is -0.396. The van der Waals surface area contributed by atoms with Crippen molar-refractivity contribution in [1.82, 2.24) is 16.0 Å². The molecule has 0 aromatic carbocycles. The Morgan fingerprint density at radius 2 is 0.779 bits per heavy atom. The zero-order chi connectivity index (χ0) is 83.6. The molecule has 50 nitrogen and oxygen atoms in total. The zero-order valence-corrected chi connectivity index (χ0v) is 60.8. The number of rotatable bonds is 29. The number of hydrogen-bond donors (Lipinski definition) is 29. The van der Waals surface area contributed by atoms with Gasteiger partial charge in [0.25, 0.3) is 5.79 Å². The van der Waals surface area contributed by atoms with Crippen molar-refractivity contribution in [2.45, 2.75) is 323 Å². The van der Waals surface area contributed by atoms with Crippen molar-refractivity contribution in [3.05, 3.63) is 0 Å². The number of carbonyl (C=O) groups excluding carboxylic acids is 3. The highest BCUT2D eigenvalue weighted by molar-refractivity contribution is 5.77. The van der Waals surface area contributed by atoms with Crippen molar-refractivity contribution in [2.24, 2.45) is 0 Å². The molecule has 29 N–H and O–H groups in total. The van der Waals surface area contributed by atoms with E-state index in [0.29, 0.717) is 0 Å². The molecule has 9 fully saturated rings. The normalized spacial score (nSPS) is 49.2. The van der Waals surface area contributed by atoms with Gasteiger partial charge in [-0.2, -0.15) is 0 Å². The molecule has 654 valence electrons. The molecule has 9 heterocycles. The quantitative estimate of drug-likeness (QED) is 0.0331. The fourth-order valence-electron chi connectivity index (χ4n) is 14.6. The highest BCUT2D eigenvalue weighted by Gasteiger charge is 2.63. The van der Waals surface area contributed by atoms with Crippen molar-refractivity contribution in [3.63, 3.8) is 0 Å². The molecular formula is C63H105N3O47. The summed E-state index contributed by atoms with van der Waals surface area (Å²) >= 11 is 0. The third kappa shape index (κ3) is 20.1. The van der Waals surface area contributed by atoms with Crippen LogP contribution in [0.4, 0.5) is 0 Å². The van der Waals surface area contributed by atoms with E-state index in [9.17, 15) is 152 Å². The molecule has 0 radical (unpaired) electrons. The summed E-state index contributed by atoms with van der Waals surface area (Å²) in [5.74, 6) is -8.43. The van der Waals surface area contributed by atoms with E-state index in [0.717, 1.165) is 20.8 Å². The van der Waals surface area contributed by atoms with E-state index in [1.165, 1.54) is 13.8 Å². The van der Waals surface area contributed by atoms with E-state index in [-0.39, 0.29) is 0 Å². The number of hydrogen-bond acceptors (Lipinski definition) is 46. The molecular weight excluding hydrogens is 1550 g/mol. The number of carbonyl (C=O) groups is 4. The number of aliphatic hydroxyl groups excluding tert-OH is 25. The van der Waals surface area contributed by atoms with Crippen molar-refractivity contribution >= 4 is 23.7 Å². The van der Waals surface area contributed by atoms with Gasteiger partial charge in [-0.1, -0.05) is 0 Å². The van der Waals surface area contributed by atoms with Gasteiger partial charge >= 0.3 is 5.97 Å². The standard InChI is InChI=1S/C63H105N3O47/c1-14-30(78)37(85)42(90)57(98-14)109-50-29(66-18(5)75)55(104-25(12-72)47(50)107-60-45(93)52(35(83)23(10-70)102-60)113-63(62(95)96)6-19(76)27(64-16(3)73)49(112-63)32(80)20(77)7-67)97-13-26-36(84)51(44(92)59(105-26)106-46-24(11-71)100-54(94)41(89)40(46)88)110-56-28(65-17(4)74)48(34(82)22(9-69)101-56)108-61-53(39(87)33(81)21(8-68)103-61)111-58-43(91)38(86)31(79)15(2)99-58/h14-15,19-61,67-72,76-94H,6-13H2,1-5H3,(H,64,73)(H,65,74)(H,66,75)(H,95,96)/t14-,15-,19-,20+,21+,22+,23+,24+,25+,26+,27+,28+,29+,30+,31+,32+,33-,34+,35-,36-,37+,38+,39-,40+,41+,42-,43-,44+,45+,46+,47+,48+,49+,50+,51-,52-,53+,54+,55+,56-,57-,58-,59-,60-,61-,63-/m0/s1. The number of ether oxygens (including phenoxy) is 17. The Morgan fingerprint density at radius 1 is 0.381 bits per heavy atom. The fraction of sp³-hybridized carbons (Fsp3) is 0.937. The lowest BCUT2D eigenvalue weighted by atomic mass is 9.88. The van der Waals surface area contributed by atoms with Crippen LogP contribution in [0.25, 0.3) is 0 Å². The molecule has 9 saturated heterocycles. The molecule has 46 atom stereocenters. The minimum atomic E-state index is -3.34. The number of amides is 3. The first-order valence-electron chi connectivity index (χ1n) is 36.0. The lowest BCUT2D eigenvalue weighted by Crippen LogP contribution is -2.71. The second-order valence-corrected chi connectivity index (χ2v) is 28.8. The molecule has 0 spiro atoms. The van der Waals surface area contributed by atoms with E-state index >= 15 is 0 Å². The fourth-order valence-corrected chi connectivity index (χ4v) is 14.6. The Hall–Kier alpha value is -3.80. The van der Waals surface area contributed by atoms with Crippen LogP contribution in [-0.4, -0.2) is 484 Å². The lowest BCUT2D eigenvalue weighted by Gasteiger charge is -2.52. The second kappa shape index (κ2) is 39.6. The number of aliphatic carboxylic acids is 1. The van der Waals surface area contributed by atoms with Crippen molar-refractivity contribution < 1.29 is 232 Å². The van der Waals surface area contributed by atoms with Crippen LogP contribution in [0.1, 0.15) is 41.0 Å². The summed E-state index contributed by atoms with van der Waals surface area (Å²) in [5.41, 5.74) is 0. The molecule has 3 amide bonds. The third-order valence-corrected chi connectivity index (χ3v) is 20.8. The van der Waals surface area contributed by atoms with Crippen LogP contribution in [0.3, 0.4) is 0 Å². The summed E-state index contributed by atoms with van der Waals surface area (Å²) in [5, 5.41) is 295. The summed E-state index contributed by atoms with van der Waals surface area (Å²) in [4.78, 5) is 52.6. The predicted molar refractivity (Wildman–Crippen MR) is 346 cm³/mol. The Kier molecular flexibility index (Phi) is 32.6. The van der Waals surface area contributed by atoms with Crippen molar-refractivity contribution in [3.8, 4) is 0 Å². The summed E-state index contributed by atoms with van der Waals surface area (Å²) in [6.45, 7) is -3.08.